The van der Waals surface area contributed by atoms with E-state index in [1.807, 2.05) is 20.9 Å². The minimum atomic E-state index is -2.96. The average molecular weight is 361 g/mol. The van der Waals surface area contributed by atoms with Crippen LogP contribution in [0.1, 0.15) is 23.1 Å². The summed E-state index contributed by atoms with van der Waals surface area (Å²) in [5.41, 5.74) is 4.48. The fourth-order valence-corrected chi connectivity index (χ4v) is 5.03. The van der Waals surface area contributed by atoms with Gasteiger partial charge in [-0.25, -0.2) is 8.42 Å². The second-order valence-corrected chi connectivity index (χ2v) is 8.94. The molecule has 1 aromatic heterocycles. The molecule has 0 saturated carbocycles. The Morgan fingerprint density at radius 3 is 2.48 bits per heavy atom. The molecule has 1 atom stereocenters. The molecule has 1 fully saturated rings. The van der Waals surface area contributed by atoms with Crippen LogP contribution in [-0.2, 0) is 9.84 Å². The Kier molecular flexibility index (Phi) is 4.64. The van der Waals surface area contributed by atoms with Crippen molar-refractivity contribution in [1.29, 1.82) is 0 Å². The number of benzene rings is 1. The smallest absolute Gasteiger partial charge is 0.247 e. The maximum absolute atomic E-state index is 11.7. The van der Waals surface area contributed by atoms with Crippen LogP contribution in [0.3, 0.4) is 0 Å². The minimum absolute atomic E-state index is 0.107. The Bertz CT molecular complexity index is 875. The first-order valence-corrected chi connectivity index (χ1v) is 10.0. The molecule has 3 rings (SSSR count). The number of hydrogen-bond donors (Lipinski definition) is 1. The fourth-order valence-electron chi connectivity index (χ4n) is 3.25. The number of rotatable bonds is 4. The van der Waals surface area contributed by atoms with Crippen LogP contribution >= 0.6 is 0 Å². The molecule has 134 valence electrons. The predicted molar refractivity (Wildman–Crippen MR) is 99.2 cm³/mol. The monoisotopic (exact) mass is 361 g/mol. The van der Waals surface area contributed by atoms with Crippen LogP contribution in [0, 0.1) is 20.8 Å². The summed E-state index contributed by atoms with van der Waals surface area (Å²) < 4.78 is 23.4. The van der Waals surface area contributed by atoms with E-state index in [1.54, 1.807) is 11.1 Å². The third-order valence-corrected chi connectivity index (χ3v) is 6.30. The molecule has 0 spiro atoms. The van der Waals surface area contributed by atoms with Crippen LogP contribution in [0.4, 0.5) is 17.5 Å². The van der Waals surface area contributed by atoms with E-state index >= 15 is 0 Å². The summed E-state index contributed by atoms with van der Waals surface area (Å²) in [6.45, 7) is 6.17. The molecular formula is C17H23N5O2S. The van der Waals surface area contributed by atoms with E-state index < -0.39 is 9.84 Å². The molecule has 1 aliphatic rings. The molecule has 0 aliphatic carbocycles. The van der Waals surface area contributed by atoms with E-state index in [4.69, 9.17) is 0 Å². The fraction of sp³-hybridized carbons (Fsp3) is 0.471. The molecule has 1 N–H and O–H groups in total. The van der Waals surface area contributed by atoms with Gasteiger partial charge in [0.1, 0.15) is 0 Å². The van der Waals surface area contributed by atoms with Gasteiger partial charge < -0.3 is 10.2 Å². The lowest BCUT2D eigenvalue weighted by Crippen LogP contribution is -2.34. The zero-order valence-electron chi connectivity index (χ0n) is 14.9. The van der Waals surface area contributed by atoms with Crippen molar-refractivity contribution in [2.24, 2.45) is 0 Å². The Balaban J connectivity index is 1.83. The average Bonchev–Trinajstić information content (AvgIpc) is 2.90. The van der Waals surface area contributed by atoms with Crippen molar-refractivity contribution in [2.75, 3.05) is 28.8 Å². The maximum atomic E-state index is 11.7. The van der Waals surface area contributed by atoms with Gasteiger partial charge in [-0.3, -0.25) is 0 Å². The van der Waals surface area contributed by atoms with E-state index in [9.17, 15) is 8.42 Å². The van der Waals surface area contributed by atoms with Crippen LogP contribution in [0.5, 0.6) is 0 Å². The largest absolute Gasteiger partial charge is 0.338 e. The number of sulfone groups is 1. The Hall–Kier alpha value is -2.22. The lowest BCUT2D eigenvalue weighted by Gasteiger charge is -2.23. The topological polar surface area (TPSA) is 88.1 Å². The van der Waals surface area contributed by atoms with Gasteiger partial charge in [0.25, 0.3) is 0 Å². The van der Waals surface area contributed by atoms with Crippen LogP contribution < -0.4 is 10.2 Å². The van der Waals surface area contributed by atoms with Gasteiger partial charge in [-0.05, 0) is 38.3 Å². The van der Waals surface area contributed by atoms with Gasteiger partial charge in [0, 0.05) is 18.8 Å². The second-order valence-electron chi connectivity index (χ2n) is 6.71. The van der Waals surface area contributed by atoms with E-state index in [-0.39, 0.29) is 17.5 Å². The molecule has 7 nitrogen and oxygen atoms in total. The number of hydrogen-bond acceptors (Lipinski definition) is 7. The highest BCUT2D eigenvalue weighted by molar-refractivity contribution is 7.91. The summed E-state index contributed by atoms with van der Waals surface area (Å²) >= 11 is 0. The first-order chi connectivity index (χ1) is 11.7. The van der Waals surface area contributed by atoms with Crippen molar-refractivity contribution in [3.63, 3.8) is 0 Å². The normalized spacial score (nSPS) is 19.0. The van der Waals surface area contributed by atoms with Crippen LogP contribution in [-0.4, -0.2) is 48.2 Å². The third kappa shape index (κ3) is 3.89. The molecular weight excluding hydrogens is 338 g/mol. The highest BCUT2D eigenvalue weighted by Gasteiger charge is 2.32. The second kappa shape index (κ2) is 6.59. The molecule has 25 heavy (non-hydrogen) atoms. The molecule has 0 bridgehead atoms. The van der Waals surface area contributed by atoms with Gasteiger partial charge in [0.2, 0.25) is 5.95 Å². The van der Waals surface area contributed by atoms with Crippen LogP contribution in [0.2, 0.25) is 0 Å². The quantitative estimate of drug-likeness (QED) is 0.893. The van der Waals surface area contributed by atoms with Crippen LogP contribution in [0.15, 0.2) is 18.3 Å². The molecule has 2 aromatic rings. The lowest BCUT2D eigenvalue weighted by atomic mass is 10.1. The molecule has 1 saturated heterocycles. The summed E-state index contributed by atoms with van der Waals surface area (Å²) in [6, 6.07) is 4.12. The van der Waals surface area contributed by atoms with Crippen LogP contribution in [0.25, 0.3) is 0 Å². The predicted octanol–water partition coefficient (Wildman–Crippen LogP) is 2.16. The van der Waals surface area contributed by atoms with E-state index in [1.165, 1.54) is 5.56 Å². The zero-order valence-corrected chi connectivity index (χ0v) is 15.8. The van der Waals surface area contributed by atoms with E-state index in [0.29, 0.717) is 18.2 Å². The van der Waals surface area contributed by atoms with Crippen molar-refractivity contribution < 1.29 is 8.42 Å². The molecule has 0 amide bonds. The SMILES string of the molecule is Cc1cc(C)c(Nc2cnnc(N(C)C3CCS(=O)(=O)C3)n2)c(C)c1. The molecule has 1 aromatic carbocycles. The van der Waals surface area contributed by atoms with Gasteiger partial charge in [-0.15, -0.1) is 5.10 Å². The number of aryl methyl sites for hydroxylation is 3. The Labute approximate surface area is 148 Å². The van der Waals surface area contributed by atoms with E-state index in [0.717, 1.165) is 16.8 Å². The molecule has 1 unspecified atom stereocenters. The van der Waals surface area contributed by atoms with Gasteiger partial charge in [0.15, 0.2) is 15.7 Å². The summed E-state index contributed by atoms with van der Waals surface area (Å²) in [5, 5.41) is 11.4. The zero-order chi connectivity index (χ0) is 18.2. The van der Waals surface area contributed by atoms with Gasteiger partial charge in [-0.1, -0.05) is 17.7 Å². The standard InChI is InChI=1S/C17H23N5O2S/c1-11-7-12(2)16(13(3)8-11)19-15-9-18-21-17(20-15)22(4)14-5-6-25(23,24)10-14/h7-9,14H,5-6,10H2,1-4H3,(H,19,20,21). The number of anilines is 3. The van der Waals surface area contributed by atoms with Gasteiger partial charge in [-0.2, -0.15) is 10.1 Å². The summed E-state index contributed by atoms with van der Waals surface area (Å²) in [7, 11) is -1.14. The summed E-state index contributed by atoms with van der Waals surface area (Å²) in [5.74, 6) is 1.37. The van der Waals surface area contributed by atoms with Crippen molar-refractivity contribution in [3.05, 3.63) is 35.0 Å². The van der Waals surface area contributed by atoms with Gasteiger partial charge in [0.05, 0.1) is 17.7 Å². The van der Waals surface area contributed by atoms with Crippen molar-refractivity contribution in [2.45, 2.75) is 33.2 Å². The summed E-state index contributed by atoms with van der Waals surface area (Å²) in [4.78, 5) is 6.31. The molecule has 0 radical (unpaired) electrons. The molecule has 2 heterocycles. The Morgan fingerprint density at radius 1 is 1.20 bits per heavy atom. The molecule has 1 aliphatic heterocycles. The van der Waals surface area contributed by atoms with Crippen molar-refractivity contribution >= 4 is 27.3 Å². The van der Waals surface area contributed by atoms with Crippen molar-refractivity contribution in [1.82, 2.24) is 15.2 Å². The van der Waals surface area contributed by atoms with E-state index in [2.05, 4.69) is 39.6 Å². The minimum Gasteiger partial charge on any atom is -0.338 e. The van der Waals surface area contributed by atoms with Crippen molar-refractivity contribution in [3.8, 4) is 0 Å². The highest BCUT2D eigenvalue weighted by atomic mass is 32.2. The maximum Gasteiger partial charge on any atom is 0.247 e. The lowest BCUT2D eigenvalue weighted by molar-refractivity contribution is 0.600. The number of aromatic nitrogens is 3. The third-order valence-electron chi connectivity index (χ3n) is 4.55. The number of nitrogens with one attached hydrogen (secondary N) is 1. The Morgan fingerprint density at radius 2 is 1.88 bits per heavy atom. The highest BCUT2D eigenvalue weighted by Crippen LogP contribution is 2.26. The first-order valence-electron chi connectivity index (χ1n) is 8.23. The first kappa shape index (κ1) is 17.6. The summed E-state index contributed by atoms with van der Waals surface area (Å²) in [6.07, 6.45) is 2.16. The van der Waals surface area contributed by atoms with Gasteiger partial charge >= 0.3 is 0 Å². The number of nitrogens with zero attached hydrogens (tertiary/aromatic N) is 4. The molecule has 8 heteroatoms.